The molecule has 0 radical (unpaired) electrons. The number of rotatable bonds is 6. The molecule has 0 aliphatic rings. The zero-order valence-corrected chi connectivity index (χ0v) is 14.4. The highest BCUT2D eigenvalue weighted by Crippen LogP contribution is 2.18. The van der Waals surface area contributed by atoms with Crippen molar-refractivity contribution in [3.05, 3.63) is 70.1 Å². The highest BCUT2D eigenvalue weighted by atomic mass is 32.2. The van der Waals surface area contributed by atoms with Crippen molar-refractivity contribution in [1.82, 2.24) is 14.9 Å². The summed E-state index contributed by atoms with van der Waals surface area (Å²) in [6.45, 7) is 1.74. The average Bonchev–Trinajstić information content (AvgIpc) is 3.09. The van der Waals surface area contributed by atoms with E-state index in [2.05, 4.69) is 14.9 Å². The molecule has 0 unspecified atom stereocenters. The molecule has 3 aromatic rings. The summed E-state index contributed by atoms with van der Waals surface area (Å²) in [7, 11) is -3.86. The van der Waals surface area contributed by atoms with Crippen LogP contribution in [0.2, 0.25) is 0 Å². The Morgan fingerprint density at radius 3 is 2.58 bits per heavy atom. The van der Waals surface area contributed by atoms with Crippen LogP contribution in [-0.4, -0.2) is 23.5 Å². The Bertz CT molecular complexity index is 1040. The fourth-order valence-electron chi connectivity index (χ4n) is 2.22. The van der Waals surface area contributed by atoms with Crippen molar-refractivity contribution < 1.29 is 17.9 Å². The van der Waals surface area contributed by atoms with Gasteiger partial charge >= 0.3 is 0 Å². The largest absolute Gasteiger partial charge is 0.338 e. The summed E-state index contributed by atoms with van der Waals surface area (Å²) in [6, 6.07) is 12.1. The number of aromatic nitrogens is 2. The predicted molar refractivity (Wildman–Crippen MR) is 91.6 cm³/mol. The normalized spacial score (nSPS) is 11.4. The third-order valence-corrected chi connectivity index (χ3v) is 4.93. The molecule has 0 aliphatic heterocycles. The second-order valence-electron chi connectivity index (χ2n) is 5.46. The molecule has 0 saturated carbocycles. The highest BCUT2D eigenvalue weighted by Gasteiger charge is 2.17. The number of aryl methyl sites for hydroxylation is 1. The Hall–Kier alpha value is -3.11. The first kappa shape index (κ1) is 17.7. The van der Waals surface area contributed by atoms with Gasteiger partial charge in [0.25, 0.3) is 5.69 Å². The molecule has 26 heavy (non-hydrogen) atoms. The number of nitrogens with zero attached hydrogens (tertiary/aromatic N) is 3. The van der Waals surface area contributed by atoms with E-state index in [0.29, 0.717) is 5.82 Å². The van der Waals surface area contributed by atoms with Gasteiger partial charge in [0.2, 0.25) is 21.7 Å². The van der Waals surface area contributed by atoms with Crippen LogP contribution in [0.5, 0.6) is 0 Å². The van der Waals surface area contributed by atoms with E-state index in [1.54, 1.807) is 0 Å². The molecule has 10 heteroatoms. The molecule has 1 N–H and O–H groups in total. The number of hydrogen-bond acceptors (Lipinski definition) is 7. The lowest BCUT2D eigenvalue weighted by molar-refractivity contribution is -0.384. The lowest BCUT2D eigenvalue weighted by Crippen LogP contribution is -2.23. The van der Waals surface area contributed by atoms with Crippen LogP contribution in [0.1, 0.15) is 11.5 Å². The fraction of sp³-hybridized carbons (Fsp3) is 0.125. The molecule has 0 atom stereocenters. The minimum absolute atomic E-state index is 0.0958. The van der Waals surface area contributed by atoms with E-state index in [9.17, 15) is 18.5 Å². The summed E-state index contributed by atoms with van der Waals surface area (Å²) in [5, 5.41) is 14.5. The quantitative estimate of drug-likeness (QED) is 0.518. The van der Waals surface area contributed by atoms with Crippen LogP contribution in [-0.2, 0) is 16.6 Å². The van der Waals surface area contributed by atoms with Crippen LogP contribution < -0.4 is 4.72 Å². The molecule has 0 spiro atoms. The molecule has 1 heterocycles. The molecule has 9 nitrogen and oxygen atoms in total. The maximum absolute atomic E-state index is 12.2. The summed E-state index contributed by atoms with van der Waals surface area (Å²) in [4.78, 5) is 14.1. The van der Waals surface area contributed by atoms with Gasteiger partial charge in [-0.05, 0) is 25.1 Å². The Labute approximate surface area is 148 Å². The molecule has 0 bridgehead atoms. The van der Waals surface area contributed by atoms with Gasteiger partial charge in [0.1, 0.15) is 0 Å². The smallest absolute Gasteiger partial charge is 0.269 e. The van der Waals surface area contributed by atoms with Crippen molar-refractivity contribution in [1.29, 1.82) is 0 Å². The minimum Gasteiger partial charge on any atom is -0.338 e. The van der Waals surface area contributed by atoms with Crippen molar-refractivity contribution in [3.63, 3.8) is 0 Å². The minimum atomic E-state index is -3.86. The summed E-state index contributed by atoms with van der Waals surface area (Å²) in [6.07, 6.45) is 0. The number of nitrogens with one attached hydrogen (secondary N) is 1. The molecular formula is C16H14N4O5S. The Balaban J connectivity index is 1.71. The maximum Gasteiger partial charge on any atom is 0.269 e. The third-order valence-electron chi connectivity index (χ3n) is 3.52. The van der Waals surface area contributed by atoms with Gasteiger partial charge in [-0.15, -0.1) is 0 Å². The van der Waals surface area contributed by atoms with Gasteiger partial charge in [0.15, 0.2) is 0 Å². The molecule has 0 aliphatic carbocycles. The standard InChI is InChI=1S/C16H14N4O5S/c1-11-3-2-4-12(9-11)16-18-15(25-19-16)10-17-26(23,24)14-7-5-13(6-8-14)20(21)22/h2-9,17H,10H2,1H3. The van der Waals surface area contributed by atoms with E-state index in [4.69, 9.17) is 4.52 Å². The van der Waals surface area contributed by atoms with E-state index in [0.717, 1.165) is 35.4 Å². The van der Waals surface area contributed by atoms with Gasteiger partial charge < -0.3 is 4.52 Å². The first-order valence-corrected chi connectivity index (χ1v) is 8.97. The average molecular weight is 374 g/mol. The lowest BCUT2D eigenvalue weighted by atomic mass is 10.1. The summed E-state index contributed by atoms with van der Waals surface area (Å²) < 4.78 is 31.9. The molecule has 2 aromatic carbocycles. The summed E-state index contributed by atoms with van der Waals surface area (Å²) >= 11 is 0. The number of sulfonamides is 1. The van der Waals surface area contributed by atoms with Crippen LogP contribution in [0.25, 0.3) is 11.4 Å². The molecule has 0 saturated heterocycles. The Morgan fingerprint density at radius 1 is 1.19 bits per heavy atom. The lowest BCUT2D eigenvalue weighted by Gasteiger charge is -2.04. The van der Waals surface area contributed by atoms with Crippen molar-refractivity contribution in [2.24, 2.45) is 0 Å². The van der Waals surface area contributed by atoms with E-state index >= 15 is 0 Å². The molecular weight excluding hydrogens is 360 g/mol. The Kier molecular flexibility index (Phi) is 4.78. The van der Waals surface area contributed by atoms with Gasteiger partial charge in [-0.3, -0.25) is 10.1 Å². The van der Waals surface area contributed by atoms with Gasteiger partial charge in [-0.2, -0.15) is 4.98 Å². The molecule has 134 valence electrons. The van der Waals surface area contributed by atoms with Crippen molar-refractivity contribution in [2.45, 2.75) is 18.4 Å². The second kappa shape index (κ2) is 7.02. The topological polar surface area (TPSA) is 128 Å². The second-order valence-corrected chi connectivity index (χ2v) is 7.22. The predicted octanol–water partition coefficient (Wildman–Crippen LogP) is 2.43. The highest BCUT2D eigenvalue weighted by molar-refractivity contribution is 7.89. The summed E-state index contributed by atoms with van der Waals surface area (Å²) in [5.41, 5.74) is 1.61. The van der Waals surface area contributed by atoms with Gasteiger partial charge in [-0.25, -0.2) is 13.1 Å². The van der Waals surface area contributed by atoms with Gasteiger partial charge in [0, 0.05) is 17.7 Å². The monoisotopic (exact) mass is 374 g/mol. The summed E-state index contributed by atoms with van der Waals surface area (Å²) in [5.74, 6) is 0.463. The maximum atomic E-state index is 12.2. The van der Waals surface area contributed by atoms with Crippen molar-refractivity contribution >= 4 is 15.7 Å². The first-order valence-electron chi connectivity index (χ1n) is 7.49. The van der Waals surface area contributed by atoms with E-state index < -0.39 is 14.9 Å². The van der Waals surface area contributed by atoms with Gasteiger partial charge in [-0.1, -0.05) is 28.9 Å². The van der Waals surface area contributed by atoms with E-state index in [-0.39, 0.29) is 23.0 Å². The SMILES string of the molecule is Cc1cccc(-c2noc(CNS(=O)(=O)c3ccc([N+](=O)[O-])cc3)n2)c1. The van der Waals surface area contributed by atoms with Crippen molar-refractivity contribution in [2.75, 3.05) is 0 Å². The van der Waals surface area contributed by atoms with E-state index in [1.807, 2.05) is 31.2 Å². The van der Waals surface area contributed by atoms with Crippen LogP contribution in [0.3, 0.4) is 0 Å². The van der Waals surface area contributed by atoms with Crippen molar-refractivity contribution in [3.8, 4) is 11.4 Å². The molecule has 1 aromatic heterocycles. The van der Waals surface area contributed by atoms with Crippen LogP contribution >= 0.6 is 0 Å². The number of hydrogen-bond donors (Lipinski definition) is 1. The van der Waals surface area contributed by atoms with Crippen LogP contribution in [0, 0.1) is 17.0 Å². The molecule has 0 fully saturated rings. The molecule has 0 amide bonds. The number of benzene rings is 2. The Morgan fingerprint density at radius 2 is 1.92 bits per heavy atom. The fourth-order valence-corrected chi connectivity index (χ4v) is 3.19. The third kappa shape index (κ3) is 3.92. The van der Waals surface area contributed by atoms with Crippen LogP contribution in [0.4, 0.5) is 5.69 Å². The van der Waals surface area contributed by atoms with Gasteiger partial charge in [0.05, 0.1) is 16.4 Å². The molecule has 3 rings (SSSR count). The number of nitro groups is 1. The van der Waals surface area contributed by atoms with Crippen LogP contribution in [0.15, 0.2) is 57.9 Å². The van der Waals surface area contributed by atoms with E-state index in [1.165, 1.54) is 0 Å². The zero-order chi connectivity index (χ0) is 18.7. The number of non-ortho nitro benzene ring substituents is 1. The zero-order valence-electron chi connectivity index (χ0n) is 13.6. The first-order chi connectivity index (χ1) is 12.3. The number of nitro benzene ring substituents is 1.